The van der Waals surface area contributed by atoms with E-state index in [2.05, 4.69) is 5.32 Å². The molecule has 43 heavy (non-hydrogen) atoms. The van der Waals surface area contributed by atoms with E-state index in [1.807, 2.05) is 18.2 Å². The lowest BCUT2D eigenvalue weighted by molar-refractivity contribution is 0.0464. The van der Waals surface area contributed by atoms with Crippen molar-refractivity contribution in [2.24, 2.45) is 0 Å². The van der Waals surface area contributed by atoms with Crippen LogP contribution in [-0.4, -0.2) is 41.0 Å². The highest BCUT2D eigenvalue weighted by atomic mass is 19.1. The Hall–Kier alpha value is -4.85. The topological polar surface area (TPSA) is 75.7 Å². The van der Waals surface area contributed by atoms with E-state index in [1.54, 1.807) is 69.3 Å². The largest absolute Gasteiger partial charge is 0.444 e. The third-order valence-electron chi connectivity index (χ3n) is 7.13. The summed E-state index contributed by atoms with van der Waals surface area (Å²) in [6, 6.07) is 24.3. The van der Waals surface area contributed by atoms with E-state index in [0.29, 0.717) is 24.0 Å². The van der Waals surface area contributed by atoms with Crippen LogP contribution in [0.2, 0.25) is 0 Å². The number of benzene rings is 4. The van der Waals surface area contributed by atoms with Crippen LogP contribution in [-0.2, 0) is 11.2 Å². The van der Waals surface area contributed by atoms with E-state index in [0.717, 1.165) is 32.7 Å². The molecule has 0 saturated carbocycles. The van der Waals surface area contributed by atoms with Crippen molar-refractivity contribution >= 4 is 17.9 Å². The minimum Gasteiger partial charge on any atom is -0.444 e. The van der Waals surface area contributed by atoms with Crippen LogP contribution in [0.4, 0.5) is 13.6 Å². The Morgan fingerprint density at radius 2 is 1.26 bits per heavy atom. The quantitative estimate of drug-likeness (QED) is 0.219. The first kappa shape index (κ1) is 29.6. The van der Waals surface area contributed by atoms with Crippen LogP contribution in [0, 0.1) is 11.6 Å². The molecule has 1 aliphatic heterocycles. The maximum atomic E-state index is 13.7. The maximum absolute atomic E-state index is 13.7. The number of alkyl carbamates (subject to hydrolysis) is 1. The van der Waals surface area contributed by atoms with Gasteiger partial charge < -0.3 is 10.1 Å². The van der Waals surface area contributed by atoms with Gasteiger partial charge in [-0.2, -0.15) is 0 Å². The number of rotatable bonds is 8. The molecule has 0 fully saturated rings. The number of fused-ring (bicyclic) bond motifs is 1. The second kappa shape index (κ2) is 12.2. The van der Waals surface area contributed by atoms with Crippen molar-refractivity contribution < 1.29 is 27.9 Å². The Morgan fingerprint density at radius 1 is 0.767 bits per heavy atom. The van der Waals surface area contributed by atoms with Crippen LogP contribution < -0.4 is 5.32 Å². The van der Waals surface area contributed by atoms with Gasteiger partial charge in [0.05, 0.1) is 17.2 Å². The second-order valence-electron chi connectivity index (χ2n) is 11.6. The number of carbonyl (C=O) groups excluding carboxylic acids is 3. The van der Waals surface area contributed by atoms with E-state index in [-0.39, 0.29) is 18.2 Å². The molecule has 3 amide bonds. The van der Waals surface area contributed by atoms with Crippen LogP contribution in [0.3, 0.4) is 0 Å². The summed E-state index contributed by atoms with van der Waals surface area (Å²) < 4.78 is 32.8. The molecule has 0 radical (unpaired) electrons. The molecule has 1 heterocycles. The molecule has 0 aromatic heterocycles. The standard InChI is InChI=1S/C35H32F2N2O4/c1-35(2,3)43-34(42)38-29(21-39-32(40)30-6-4-5-7-31(30)33(39)41)17-8-22-18-25(23-9-13-27(36)14-10-23)20-26(19-22)24-11-15-28(37)16-12-24/h4-7,9-16,18-20,29H,8,17,21H2,1-3H3,(H,38,42)/t29-/m1/s1. The Labute approximate surface area is 249 Å². The Kier molecular flexibility index (Phi) is 8.39. The lowest BCUT2D eigenvalue weighted by Crippen LogP contribution is -2.47. The summed E-state index contributed by atoms with van der Waals surface area (Å²) >= 11 is 0. The molecule has 0 saturated heterocycles. The van der Waals surface area contributed by atoms with Crippen molar-refractivity contribution in [1.82, 2.24) is 10.2 Å². The van der Waals surface area contributed by atoms with E-state index in [4.69, 9.17) is 4.74 Å². The zero-order valence-corrected chi connectivity index (χ0v) is 24.2. The maximum Gasteiger partial charge on any atom is 0.407 e. The van der Waals surface area contributed by atoms with Crippen molar-refractivity contribution in [2.45, 2.75) is 45.3 Å². The van der Waals surface area contributed by atoms with Crippen molar-refractivity contribution in [3.8, 4) is 22.3 Å². The van der Waals surface area contributed by atoms with Gasteiger partial charge in [0, 0.05) is 6.54 Å². The zero-order valence-electron chi connectivity index (χ0n) is 24.2. The summed E-state index contributed by atoms with van der Waals surface area (Å²) in [4.78, 5) is 40.1. The fourth-order valence-corrected chi connectivity index (χ4v) is 5.10. The average Bonchev–Trinajstić information content (AvgIpc) is 3.20. The van der Waals surface area contributed by atoms with Gasteiger partial charge in [-0.3, -0.25) is 14.5 Å². The first-order valence-corrected chi connectivity index (χ1v) is 14.1. The molecule has 0 aliphatic carbocycles. The summed E-state index contributed by atoms with van der Waals surface area (Å²) in [7, 11) is 0. The van der Waals surface area contributed by atoms with Crippen molar-refractivity contribution in [3.05, 3.63) is 119 Å². The number of carbonyl (C=O) groups is 3. The summed E-state index contributed by atoms with van der Waals surface area (Å²) in [5.41, 5.74) is 4.13. The third kappa shape index (κ3) is 7.15. The number of amides is 3. The summed E-state index contributed by atoms with van der Waals surface area (Å²) in [6.07, 6.45) is 0.191. The highest BCUT2D eigenvalue weighted by molar-refractivity contribution is 6.21. The van der Waals surface area contributed by atoms with E-state index >= 15 is 0 Å². The molecule has 220 valence electrons. The number of nitrogens with one attached hydrogen (secondary N) is 1. The molecule has 4 aromatic carbocycles. The molecule has 6 nitrogen and oxygen atoms in total. The van der Waals surface area contributed by atoms with E-state index in [1.165, 1.54) is 24.3 Å². The number of halogens is 2. The summed E-state index contributed by atoms with van der Waals surface area (Å²) in [5.74, 6) is -1.51. The first-order valence-electron chi connectivity index (χ1n) is 14.1. The molecule has 0 spiro atoms. The molecule has 8 heteroatoms. The Balaban J connectivity index is 1.43. The lowest BCUT2D eigenvalue weighted by Gasteiger charge is -2.26. The SMILES string of the molecule is CC(C)(C)OC(=O)N[C@H](CCc1cc(-c2ccc(F)cc2)cc(-c2ccc(F)cc2)c1)CN1C(=O)c2ccccc2C1=O. The van der Waals surface area contributed by atoms with Gasteiger partial charge in [0.15, 0.2) is 0 Å². The van der Waals surface area contributed by atoms with E-state index in [9.17, 15) is 23.2 Å². The van der Waals surface area contributed by atoms with Gasteiger partial charge in [-0.15, -0.1) is 0 Å². The fourth-order valence-electron chi connectivity index (χ4n) is 5.10. The smallest absolute Gasteiger partial charge is 0.407 e. The second-order valence-corrected chi connectivity index (χ2v) is 11.6. The van der Waals surface area contributed by atoms with Gasteiger partial charge in [-0.1, -0.05) is 48.5 Å². The van der Waals surface area contributed by atoms with Crippen molar-refractivity contribution in [2.75, 3.05) is 6.54 Å². The number of aryl methyl sites for hydroxylation is 1. The molecular weight excluding hydrogens is 550 g/mol. The van der Waals surface area contributed by atoms with Crippen LogP contribution in [0.5, 0.6) is 0 Å². The average molecular weight is 583 g/mol. The molecule has 1 N–H and O–H groups in total. The molecule has 5 rings (SSSR count). The molecule has 1 atom stereocenters. The van der Waals surface area contributed by atoms with Gasteiger partial charge in [-0.25, -0.2) is 13.6 Å². The number of hydrogen-bond donors (Lipinski definition) is 1. The zero-order chi connectivity index (χ0) is 30.7. The number of ether oxygens (including phenoxy) is 1. The van der Waals surface area contributed by atoms with Crippen LogP contribution in [0.25, 0.3) is 22.3 Å². The normalized spacial score (nSPS) is 13.6. The predicted octanol–water partition coefficient (Wildman–Crippen LogP) is 7.42. The lowest BCUT2D eigenvalue weighted by atomic mass is 9.93. The molecule has 1 aliphatic rings. The van der Waals surface area contributed by atoms with Gasteiger partial charge >= 0.3 is 6.09 Å². The highest BCUT2D eigenvalue weighted by Gasteiger charge is 2.36. The van der Waals surface area contributed by atoms with E-state index < -0.39 is 29.6 Å². The monoisotopic (exact) mass is 582 g/mol. The van der Waals surface area contributed by atoms with Crippen LogP contribution in [0.15, 0.2) is 91.0 Å². The van der Waals surface area contributed by atoms with Crippen LogP contribution >= 0.6 is 0 Å². The highest BCUT2D eigenvalue weighted by Crippen LogP contribution is 2.30. The minimum atomic E-state index is -0.738. The number of nitrogens with zero attached hydrogens (tertiary/aromatic N) is 1. The third-order valence-corrected chi connectivity index (χ3v) is 7.13. The van der Waals surface area contributed by atoms with Gasteiger partial charge in [-0.05, 0) is 104 Å². The summed E-state index contributed by atoms with van der Waals surface area (Å²) in [6.45, 7) is 5.23. The Morgan fingerprint density at radius 3 is 1.72 bits per heavy atom. The van der Waals surface area contributed by atoms with Crippen molar-refractivity contribution in [3.63, 3.8) is 0 Å². The molecular formula is C35H32F2N2O4. The summed E-state index contributed by atoms with van der Waals surface area (Å²) in [5, 5.41) is 2.85. The minimum absolute atomic E-state index is 0.0337. The molecule has 0 unspecified atom stereocenters. The number of hydrogen-bond acceptors (Lipinski definition) is 4. The van der Waals surface area contributed by atoms with Crippen LogP contribution in [0.1, 0.15) is 53.5 Å². The number of imide groups is 1. The Bertz CT molecular complexity index is 1560. The van der Waals surface area contributed by atoms with Gasteiger partial charge in [0.25, 0.3) is 11.8 Å². The van der Waals surface area contributed by atoms with Gasteiger partial charge in [0.1, 0.15) is 17.2 Å². The molecule has 0 bridgehead atoms. The molecule has 4 aromatic rings. The first-order chi connectivity index (χ1) is 20.5. The predicted molar refractivity (Wildman–Crippen MR) is 161 cm³/mol. The fraction of sp³-hybridized carbons (Fsp3) is 0.229. The van der Waals surface area contributed by atoms with Gasteiger partial charge in [0.2, 0.25) is 0 Å². The van der Waals surface area contributed by atoms with Crippen molar-refractivity contribution in [1.29, 1.82) is 0 Å².